The van der Waals surface area contributed by atoms with E-state index in [2.05, 4.69) is 32.2 Å². The van der Waals surface area contributed by atoms with Gasteiger partial charge in [0.25, 0.3) is 0 Å². The molecule has 90 valence electrons. The Morgan fingerprint density at radius 1 is 1.44 bits per heavy atom. The van der Waals surface area contributed by atoms with E-state index in [1.165, 1.54) is 5.56 Å². The van der Waals surface area contributed by atoms with E-state index in [1.54, 1.807) is 0 Å². The summed E-state index contributed by atoms with van der Waals surface area (Å²) >= 11 is 3.54. The Kier molecular flexibility index (Phi) is 5.41. The van der Waals surface area contributed by atoms with E-state index >= 15 is 0 Å². The molecule has 2 N–H and O–H groups in total. The molecule has 0 spiro atoms. The van der Waals surface area contributed by atoms with Gasteiger partial charge in [-0.1, -0.05) is 28.1 Å². The predicted octanol–water partition coefficient (Wildman–Crippen LogP) is 1.76. The van der Waals surface area contributed by atoms with E-state index in [1.807, 2.05) is 33.3 Å². The number of benzene rings is 1. The molecule has 0 saturated carbocycles. The molecule has 0 aliphatic carbocycles. The van der Waals surface area contributed by atoms with Crippen molar-refractivity contribution in [3.05, 3.63) is 33.8 Å². The minimum Gasteiger partial charge on any atom is -0.387 e. The van der Waals surface area contributed by atoms with Crippen molar-refractivity contribution in [1.29, 1.82) is 0 Å². The van der Waals surface area contributed by atoms with Crippen molar-refractivity contribution in [2.24, 2.45) is 0 Å². The van der Waals surface area contributed by atoms with Crippen LogP contribution in [0.5, 0.6) is 0 Å². The van der Waals surface area contributed by atoms with Gasteiger partial charge in [-0.15, -0.1) is 0 Å². The van der Waals surface area contributed by atoms with Crippen molar-refractivity contribution in [3.63, 3.8) is 0 Å². The van der Waals surface area contributed by atoms with Gasteiger partial charge < -0.3 is 15.3 Å². The lowest BCUT2D eigenvalue weighted by Crippen LogP contribution is -2.17. The first-order chi connectivity index (χ1) is 7.54. The van der Waals surface area contributed by atoms with Gasteiger partial charge in [0.1, 0.15) is 0 Å². The first kappa shape index (κ1) is 13.6. The zero-order chi connectivity index (χ0) is 12.1. The molecule has 0 bridgehead atoms. The molecule has 0 fully saturated rings. The molecule has 0 aliphatic heterocycles. The molecule has 0 radical (unpaired) electrons. The number of aliphatic hydroxyl groups excluding tert-OH is 1. The summed E-state index contributed by atoms with van der Waals surface area (Å²) in [5.74, 6) is 0. The zero-order valence-electron chi connectivity index (χ0n) is 10.00. The van der Waals surface area contributed by atoms with Crippen LogP contribution in [0.3, 0.4) is 0 Å². The summed E-state index contributed by atoms with van der Waals surface area (Å²) in [6.07, 6.45) is -0.449. The van der Waals surface area contributed by atoms with Crippen LogP contribution in [0.25, 0.3) is 0 Å². The van der Waals surface area contributed by atoms with E-state index in [-0.39, 0.29) is 0 Å². The summed E-state index contributed by atoms with van der Waals surface area (Å²) in [7, 11) is 5.91. The molecule has 16 heavy (non-hydrogen) atoms. The van der Waals surface area contributed by atoms with E-state index in [4.69, 9.17) is 0 Å². The fraction of sp³-hybridized carbons (Fsp3) is 0.500. The minimum absolute atomic E-state index is 0.449. The molecule has 0 saturated heterocycles. The monoisotopic (exact) mass is 286 g/mol. The third-order valence-electron chi connectivity index (χ3n) is 2.35. The third-order valence-corrected chi connectivity index (χ3v) is 3.08. The van der Waals surface area contributed by atoms with E-state index < -0.39 is 6.10 Å². The fourth-order valence-electron chi connectivity index (χ4n) is 1.55. The molecule has 1 atom stereocenters. The average Bonchev–Trinajstić information content (AvgIpc) is 2.20. The van der Waals surface area contributed by atoms with Gasteiger partial charge in [-0.05, 0) is 38.3 Å². The SMILES string of the molecule is CNCC(O)c1ccc(CN(C)C)c(Br)c1. The van der Waals surface area contributed by atoms with Crippen molar-refractivity contribution < 1.29 is 5.11 Å². The standard InChI is InChI=1S/C12H19BrN2O/c1-14-7-12(16)9-4-5-10(8-15(2)3)11(13)6-9/h4-6,12,14,16H,7-8H2,1-3H3. The molecule has 1 unspecified atom stereocenters. The first-order valence-corrected chi connectivity index (χ1v) is 6.09. The van der Waals surface area contributed by atoms with Crippen LogP contribution in [0.4, 0.5) is 0 Å². The van der Waals surface area contributed by atoms with Gasteiger partial charge in [0.05, 0.1) is 6.10 Å². The number of hydrogen-bond acceptors (Lipinski definition) is 3. The third kappa shape index (κ3) is 3.87. The minimum atomic E-state index is -0.449. The molecule has 1 rings (SSSR count). The van der Waals surface area contributed by atoms with Crippen LogP contribution in [-0.2, 0) is 6.54 Å². The lowest BCUT2D eigenvalue weighted by atomic mass is 10.1. The number of rotatable bonds is 5. The second-order valence-corrected chi connectivity index (χ2v) is 5.02. The molecule has 0 aromatic heterocycles. The normalized spacial score (nSPS) is 13.1. The highest BCUT2D eigenvalue weighted by molar-refractivity contribution is 9.10. The summed E-state index contributed by atoms with van der Waals surface area (Å²) in [5.41, 5.74) is 2.16. The Bertz CT molecular complexity index is 342. The highest BCUT2D eigenvalue weighted by atomic mass is 79.9. The van der Waals surface area contributed by atoms with Crippen LogP contribution in [0, 0.1) is 0 Å². The maximum Gasteiger partial charge on any atom is 0.0914 e. The predicted molar refractivity (Wildman–Crippen MR) is 70.4 cm³/mol. The Labute approximate surface area is 106 Å². The summed E-state index contributed by atoms with van der Waals surface area (Å²) in [4.78, 5) is 2.11. The van der Waals surface area contributed by atoms with Crippen molar-refractivity contribution in [1.82, 2.24) is 10.2 Å². The average molecular weight is 287 g/mol. The van der Waals surface area contributed by atoms with Gasteiger partial charge in [0.2, 0.25) is 0 Å². The topological polar surface area (TPSA) is 35.5 Å². The lowest BCUT2D eigenvalue weighted by Gasteiger charge is -2.15. The number of halogens is 1. The molecule has 0 heterocycles. The number of likely N-dealkylation sites (N-methyl/N-ethyl adjacent to an activating group) is 1. The van der Waals surface area contributed by atoms with Gasteiger partial charge in [0.15, 0.2) is 0 Å². The Morgan fingerprint density at radius 3 is 2.62 bits per heavy atom. The quantitative estimate of drug-likeness (QED) is 0.866. The van der Waals surface area contributed by atoms with Crippen molar-refractivity contribution in [2.75, 3.05) is 27.7 Å². The van der Waals surface area contributed by atoms with Gasteiger partial charge in [-0.2, -0.15) is 0 Å². The molecule has 1 aromatic rings. The van der Waals surface area contributed by atoms with Crippen LogP contribution >= 0.6 is 15.9 Å². The van der Waals surface area contributed by atoms with Gasteiger partial charge in [0, 0.05) is 17.6 Å². The number of aliphatic hydroxyl groups is 1. The molecule has 1 aromatic carbocycles. The number of hydrogen-bond donors (Lipinski definition) is 2. The van der Waals surface area contributed by atoms with Crippen molar-refractivity contribution in [3.8, 4) is 0 Å². The smallest absolute Gasteiger partial charge is 0.0914 e. The molecule has 4 heteroatoms. The second kappa shape index (κ2) is 6.35. The molecular formula is C12H19BrN2O. The maximum absolute atomic E-state index is 9.82. The van der Waals surface area contributed by atoms with E-state index in [0.29, 0.717) is 6.54 Å². The highest BCUT2D eigenvalue weighted by Gasteiger charge is 2.09. The van der Waals surface area contributed by atoms with Crippen LogP contribution in [0.2, 0.25) is 0 Å². The van der Waals surface area contributed by atoms with Crippen LogP contribution in [0.1, 0.15) is 17.2 Å². The van der Waals surface area contributed by atoms with Crippen LogP contribution < -0.4 is 5.32 Å². The van der Waals surface area contributed by atoms with Crippen molar-refractivity contribution >= 4 is 15.9 Å². The molecular weight excluding hydrogens is 268 g/mol. The number of nitrogens with one attached hydrogen (secondary N) is 1. The molecule has 0 aliphatic rings. The Balaban J connectivity index is 2.82. The fourth-order valence-corrected chi connectivity index (χ4v) is 2.07. The van der Waals surface area contributed by atoms with Crippen molar-refractivity contribution in [2.45, 2.75) is 12.6 Å². The zero-order valence-corrected chi connectivity index (χ0v) is 11.6. The molecule has 0 amide bonds. The van der Waals surface area contributed by atoms with Gasteiger partial charge >= 0.3 is 0 Å². The summed E-state index contributed by atoms with van der Waals surface area (Å²) in [5, 5.41) is 12.8. The first-order valence-electron chi connectivity index (χ1n) is 5.30. The van der Waals surface area contributed by atoms with E-state index in [9.17, 15) is 5.11 Å². The number of nitrogens with zero attached hydrogens (tertiary/aromatic N) is 1. The Hall–Kier alpha value is -0.420. The second-order valence-electron chi connectivity index (χ2n) is 4.16. The summed E-state index contributed by atoms with van der Waals surface area (Å²) < 4.78 is 1.05. The lowest BCUT2D eigenvalue weighted by molar-refractivity contribution is 0.177. The van der Waals surface area contributed by atoms with E-state index in [0.717, 1.165) is 16.6 Å². The van der Waals surface area contributed by atoms with Crippen LogP contribution in [0.15, 0.2) is 22.7 Å². The van der Waals surface area contributed by atoms with Crippen LogP contribution in [-0.4, -0.2) is 37.7 Å². The summed E-state index contributed by atoms with van der Waals surface area (Å²) in [6.45, 7) is 1.46. The van der Waals surface area contributed by atoms with Gasteiger partial charge in [-0.3, -0.25) is 0 Å². The maximum atomic E-state index is 9.82. The largest absolute Gasteiger partial charge is 0.387 e. The molecule has 3 nitrogen and oxygen atoms in total. The van der Waals surface area contributed by atoms with Gasteiger partial charge in [-0.25, -0.2) is 0 Å². The Morgan fingerprint density at radius 2 is 2.12 bits per heavy atom. The summed E-state index contributed by atoms with van der Waals surface area (Å²) in [6, 6.07) is 6.02. The highest BCUT2D eigenvalue weighted by Crippen LogP contribution is 2.23.